The van der Waals surface area contributed by atoms with E-state index in [0.717, 1.165) is 36.2 Å². The lowest BCUT2D eigenvalue weighted by atomic mass is 10.1. The molecule has 0 aliphatic carbocycles. The number of rotatable bonds is 6. The Hall–Kier alpha value is -2.10. The highest BCUT2D eigenvalue weighted by atomic mass is 16.1. The van der Waals surface area contributed by atoms with Crippen molar-refractivity contribution in [3.8, 4) is 0 Å². The summed E-state index contributed by atoms with van der Waals surface area (Å²) in [5.41, 5.74) is 2.59. The molecule has 0 spiro atoms. The molecule has 106 valence electrons. The molecule has 1 aromatic heterocycles. The minimum absolute atomic E-state index is 0.0552. The van der Waals surface area contributed by atoms with E-state index < -0.39 is 0 Å². The van der Waals surface area contributed by atoms with E-state index in [2.05, 4.69) is 22.2 Å². The summed E-state index contributed by atoms with van der Waals surface area (Å²) < 4.78 is 0. The van der Waals surface area contributed by atoms with E-state index in [0.29, 0.717) is 12.4 Å². The van der Waals surface area contributed by atoms with Gasteiger partial charge < -0.3 is 5.32 Å². The van der Waals surface area contributed by atoms with Crippen molar-refractivity contribution in [2.45, 2.75) is 33.1 Å². The van der Waals surface area contributed by atoms with Crippen LogP contribution < -0.4 is 10.9 Å². The maximum Gasteiger partial charge on any atom is 0.256 e. The van der Waals surface area contributed by atoms with Crippen LogP contribution in [0, 0.1) is 6.92 Å². The summed E-state index contributed by atoms with van der Waals surface area (Å²) in [5, 5.41) is 3.15. The number of unbranched alkanes of at least 4 members (excludes halogenated alkanes) is 1. The summed E-state index contributed by atoms with van der Waals surface area (Å²) in [5.74, 6) is 0.567. The third-order valence-electron chi connectivity index (χ3n) is 3.27. The highest BCUT2D eigenvalue weighted by Crippen LogP contribution is 2.09. The molecule has 1 heterocycles. The molecular formula is C16H21N3O. The monoisotopic (exact) mass is 271 g/mol. The Kier molecular flexibility index (Phi) is 4.93. The fraction of sp³-hybridized carbons (Fsp3) is 0.375. The SMILES string of the molecule is CCCCNc1nc(C)c(Cc2ccccc2)c(=O)[nH]1. The summed E-state index contributed by atoms with van der Waals surface area (Å²) in [6.45, 7) is 4.85. The molecule has 0 bridgehead atoms. The van der Waals surface area contributed by atoms with Gasteiger partial charge in [-0.25, -0.2) is 4.98 Å². The Morgan fingerprint density at radius 3 is 2.65 bits per heavy atom. The first-order valence-electron chi connectivity index (χ1n) is 7.08. The van der Waals surface area contributed by atoms with Gasteiger partial charge in [-0.15, -0.1) is 0 Å². The number of aryl methyl sites for hydroxylation is 1. The van der Waals surface area contributed by atoms with Crippen molar-refractivity contribution in [1.29, 1.82) is 0 Å². The highest BCUT2D eigenvalue weighted by Gasteiger charge is 2.08. The molecule has 0 saturated heterocycles. The molecule has 2 aromatic rings. The number of hydrogen-bond acceptors (Lipinski definition) is 3. The third-order valence-corrected chi connectivity index (χ3v) is 3.27. The average molecular weight is 271 g/mol. The molecule has 1 aromatic carbocycles. The van der Waals surface area contributed by atoms with Gasteiger partial charge in [0.05, 0.1) is 5.69 Å². The molecule has 4 nitrogen and oxygen atoms in total. The van der Waals surface area contributed by atoms with Gasteiger partial charge in [-0.1, -0.05) is 43.7 Å². The van der Waals surface area contributed by atoms with Crippen LogP contribution in [0.25, 0.3) is 0 Å². The maximum absolute atomic E-state index is 12.2. The van der Waals surface area contributed by atoms with E-state index in [4.69, 9.17) is 0 Å². The van der Waals surface area contributed by atoms with Crippen LogP contribution in [-0.2, 0) is 6.42 Å². The predicted octanol–water partition coefficient (Wildman–Crippen LogP) is 2.88. The number of hydrogen-bond donors (Lipinski definition) is 2. The van der Waals surface area contributed by atoms with Crippen LogP contribution in [0.1, 0.15) is 36.6 Å². The Labute approximate surface area is 119 Å². The standard InChI is InChI=1S/C16H21N3O/c1-3-4-10-17-16-18-12(2)14(15(20)19-16)11-13-8-6-5-7-9-13/h5-9H,3-4,10-11H2,1-2H3,(H2,17,18,19,20). The van der Waals surface area contributed by atoms with Crippen molar-refractivity contribution >= 4 is 5.95 Å². The Bertz CT molecular complexity index is 605. The topological polar surface area (TPSA) is 57.8 Å². The van der Waals surface area contributed by atoms with Gasteiger partial charge in [0.1, 0.15) is 0 Å². The zero-order valence-corrected chi connectivity index (χ0v) is 12.1. The summed E-state index contributed by atoms with van der Waals surface area (Å²) in [6, 6.07) is 9.97. The summed E-state index contributed by atoms with van der Waals surface area (Å²) in [4.78, 5) is 19.4. The highest BCUT2D eigenvalue weighted by molar-refractivity contribution is 5.32. The summed E-state index contributed by atoms with van der Waals surface area (Å²) in [6.07, 6.45) is 2.79. The number of aromatic amines is 1. The Morgan fingerprint density at radius 2 is 2.00 bits per heavy atom. The van der Waals surface area contributed by atoms with Crippen LogP contribution in [0.15, 0.2) is 35.1 Å². The first-order chi connectivity index (χ1) is 9.70. The average Bonchev–Trinajstić information content (AvgIpc) is 2.44. The molecule has 4 heteroatoms. The van der Waals surface area contributed by atoms with E-state index in [1.54, 1.807) is 0 Å². The van der Waals surface area contributed by atoms with E-state index in [1.165, 1.54) is 0 Å². The number of H-pyrrole nitrogens is 1. The third kappa shape index (κ3) is 3.70. The number of aromatic nitrogens is 2. The minimum Gasteiger partial charge on any atom is -0.356 e. The number of benzene rings is 1. The van der Waals surface area contributed by atoms with Crippen molar-refractivity contribution in [1.82, 2.24) is 9.97 Å². The van der Waals surface area contributed by atoms with E-state index in [9.17, 15) is 4.79 Å². The molecular weight excluding hydrogens is 250 g/mol. The van der Waals surface area contributed by atoms with Gasteiger partial charge in [-0.3, -0.25) is 9.78 Å². The Balaban J connectivity index is 2.17. The van der Waals surface area contributed by atoms with Gasteiger partial charge in [0, 0.05) is 18.5 Å². The molecule has 20 heavy (non-hydrogen) atoms. The van der Waals surface area contributed by atoms with Gasteiger partial charge in [0.15, 0.2) is 0 Å². The van der Waals surface area contributed by atoms with Crippen molar-refractivity contribution < 1.29 is 0 Å². The summed E-state index contributed by atoms with van der Waals surface area (Å²) >= 11 is 0. The fourth-order valence-corrected chi connectivity index (χ4v) is 2.09. The van der Waals surface area contributed by atoms with Crippen molar-refractivity contribution in [3.05, 3.63) is 57.5 Å². The second kappa shape index (κ2) is 6.89. The lowest BCUT2D eigenvalue weighted by Gasteiger charge is -2.09. The smallest absolute Gasteiger partial charge is 0.256 e. The van der Waals surface area contributed by atoms with E-state index in [1.807, 2.05) is 37.3 Å². The van der Waals surface area contributed by atoms with Gasteiger partial charge in [-0.05, 0) is 18.9 Å². The molecule has 0 unspecified atom stereocenters. The zero-order chi connectivity index (χ0) is 14.4. The van der Waals surface area contributed by atoms with Crippen LogP contribution in [0.4, 0.5) is 5.95 Å². The largest absolute Gasteiger partial charge is 0.356 e. The number of anilines is 1. The molecule has 0 aliphatic rings. The first kappa shape index (κ1) is 14.3. The number of nitrogens with one attached hydrogen (secondary N) is 2. The predicted molar refractivity (Wildman–Crippen MR) is 82.2 cm³/mol. The van der Waals surface area contributed by atoms with Gasteiger partial charge in [0.25, 0.3) is 5.56 Å². The van der Waals surface area contributed by atoms with Crippen LogP contribution in [-0.4, -0.2) is 16.5 Å². The van der Waals surface area contributed by atoms with Gasteiger partial charge in [-0.2, -0.15) is 0 Å². The van der Waals surface area contributed by atoms with Crippen LogP contribution in [0.5, 0.6) is 0 Å². The van der Waals surface area contributed by atoms with E-state index >= 15 is 0 Å². The maximum atomic E-state index is 12.2. The quantitative estimate of drug-likeness (QED) is 0.794. The molecule has 2 rings (SSSR count). The first-order valence-corrected chi connectivity index (χ1v) is 7.08. The Morgan fingerprint density at radius 1 is 1.25 bits per heavy atom. The molecule has 0 amide bonds. The van der Waals surface area contributed by atoms with Crippen LogP contribution in [0.2, 0.25) is 0 Å². The fourth-order valence-electron chi connectivity index (χ4n) is 2.09. The van der Waals surface area contributed by atoms with Gasteiger partial charge >= 0.3 is 0 Å². The lowest BCUT2D eigenvalue weighted by Crippen LogP contribution is -2.20. The second-order valence-electron chi connectivity index (χ2n) is 4.92. The molecule has 0 atom stereocenters. The zero-order valence-electron chi connectivity index (χ0n) is 12.1. The van der Waals surface area contributed by atoms with Crippen LogP contribution in [0.3, 0.4) is 0 Å². The second-order valence-corrected chi connectivity index (χ2v) is 4.92. The normalized spacial score (nSPS) is 10.5. The van der Waals surface area contributed by atoms with Crippen LogP contribution >= 0.6 is 0 Å². The van der Waals surface area contributed by atoms with Crippen molar-refractivity contribution in [2.75, 3.05) is 11.9 Å². The number of nitrogens with zero attached hydrogens (tertiary/aromatic N) is 1. The molecule has 0 aliphatic heterocycles. The lowest BCUT2D eigenvalue weighted by molar-refractivity contribution is 0.822. The molecule has 2 N–H and O–H groups in total. The van der Waals surface area contributed by atoms with E-state index in [-0.39, 0.29) is 5.56 Å². The van der Waals surface area contributed by atoms with Crippen molar-refractivity contribution in [3.63, 3.8) is 0 Å². The molecule has 0 saturated carbocycles. The molecule has 0 radical (unpaired) electrons. The minimum atomic E-state index is -0.0552. The van der Waals surface area contributed by atoms with Crippen molar-refractivity contribution in [2.24, 2.45) is 0 Å². The van der Waals surface area contributed by atoms with Gasteiger partial charge in [0.2, 0.25) is 5.95 Å². The summed E-state index contributed by atoms with van der Waals surface area (Å²) in [7, 11) is 0. The molecule has 0 fully saturated rings.